The minimum absolute atomic E-state index is 0.284. The van der Waals surface area contributed by atoms with Crippen molar-refractivity contribution in [2.24, 2.45) is 0 Å². The molecule has 166 valence electrons. The fourth-order valence-corrected chi connectivity index (χ4v) is 5.05. The lowest BCUT2D eigenvalue weighted by Crippen LogP contribution is -2.52. The van der Waals surface area contributed by atoms with E-state index in [0.717, 1.165) is 64.2 Å². The van der Waals surface area contributed by atoms with Crippen LogP contribution in [-0.4, -0.2) is 68.1 Å². The highest BCUT2D eigenvalue weighted by Gasteiger charge is 2.30. The van der Waals surface area contributed by atoms with Crippen LogP contribution in [0.5, 0.6) is 5.75 Å². The first-order valence-corrected chi connectivity index (χ1v) is 11.7. The summed E-state index contributed by atoms with van der Waals surface area (Å²) in [6.07, 6.45) is 3.92. The van der Waals surface area contributed by atoms with E-state index >= 15 is 0 Å². The lowest BCUT2D eigenvalue weighted by atomic mass is 9.86. The first-order valence-electron chi connectivity index (χ1n) is 11.7. The van der Waals surface area contributed by atoms with Crippen molar-refractivity contribution in [3.05, 3.63) is 59.7 Å². The number of carbonyl (C=O) groups excluding carboxylic acids is 1. The Balaban J connectivity index is 1.36. The fraction of sp³-hybridized carbons (Fsp3) is 0.500. The van der Waals surface area contributed by atoms with Crippen LogP contribution in [0.25, 0.3) is 0 Å². The summed E-state index contributed by atoms with van der Waals surface area (Å²) >= 11 is 0. The summed E-state index contributed by atoms with van der Waals surface area (Å²) in [6, 6.07) is 17.2. The van der Waals surface area contributed by atoms with Crippen molar-refractivity contribution in [2.45, 2.75) is 38.6 Å². The Morgan fingerprint density at radius 3 is 2.55 bits per heavy atom. The average molecular weight is 422 g/mol. The van der Waals surface area contributed by atoms with Crippen LogP contribution in [0.3, 0.4) is 0 Å². The molecule has 1 heterocycles. The summed E-state index contributed by atoms with van der Waals surface area (Å²) in [7, 11) is 1.74. The van der Waals surface area contributed by atoms with Gasteiger partial charge in [0.2, 0.25) is 5.91 Å². The number of benzene rings is 2. The number of anilines is 1. The topological polar surface area (TPSA) is 36.0 Å². The van der Waals surface area contributed by atoms with E-state index in [4.69, 9.17) is 4.74 Å². The zero-order chi connectivity index (χ0) is 21.6. The van der Waals surface area contributed by atoms with Crippen molar-refractivity contribution in [3.8, 4) is 5.75 Å². The fourth-order valence-electron chi connectivity index (χ4n) is 5.05. The van der Waals surface area contributed by atoms with Crippen molar-refractivity contribution in [3.63, 3.8) is 0 Å². The molecule has 1 amide bonds. The highest BCUT2D eigenvalue weighted by Crippen LogP contribution is 2.31. The largest absolute Gasteiger partial charge is 0.496 e. The number of nitrogens with zero attached hydrogens (tertiary/aromatic N) is 3. The number of fused-ring (bicyclic) bond motifs is 1. The van der Waals surface area contributed by atoms with Crippen molar-refractivity contribution in [2.75, 3.05) is 51.3 Å². The lowest BCUT2D eigenvalue weighted by Gasteiger charge is -2.39. The van der Waals surface area contributed by atoms with Crippen LogP contribution in [-0.2, 0) is 17.6 Å². The Morgan fingerprint density at radius 1 is 1.06 bits per heavy atom. The molecule has 31 heavy (non-hydrogen) atoms. The summed E-state index contributed by atoms with van der Waals surface area (Å²) in [4.78, 5) is 20.2. The van der Waals surface area contributed by atoms with Gasteiger partial charge in [0.15, 0.2) is 0 Å². The van der Waals surface area contributed by atoms with E-state index in [2.05, 4.69) is 64.1 Å². The van der Waals surface area contributed by atoms with Crippen LogP contribution >= 0.6 is 0 Å². The number of rotatable bonds is 7. The molecule has 0 bridgehead atoms. The quantitative estimate of drug-likeness (QED) is 0.684. The number of piperazine rings is 1. The maximum atomic E-state index is 13.3. The molecule has 0 aromatic heterocycles. The number of carbonyl (C=O) groups is 1. The van der Waals surface area contributed by atoms with Crippen molar-refractivity contribution < 1.29 is 9.53 Å². The van der Waals surface area contributed by atoms with Gasteiger partial charge in [-0.25, -0.2) is 0 Å². The van der Waals surface area contributed by atoms with Gasteiger partial charge in [0.25, 0.3) is 0 Å². The van der Waals surface area contributed by atoms with Crippen molar-refractivity contribution in [1.29, 1.82) is 0 Å². The normalized spacial score (nSPS) is 19.0. The van der Waals surface area contributed by atoms with E-state index in [1.807, 2.05) is 6.07 Å². The molecule has 1 aliphatic carbocycles. The molecule has 0 N–H and O–H groups in total. The van der Waals surface area contributed by atoms with Crippen LogP contribution in [0.1, 0.15) is 30.9 Å². The van der Waals surface area contributed by atoms with Crippen LogP contribution in [0, 0.1) is 0 Å². The van der Waals surface area contributed by atoms with Gasteiger partial charge in [0.1, 0.15) is 5.75 Å². The Bertz CT molecular complexity index is 862. The minimum atomic E-state index is 0.284. The third kappa shape index (κ3) is 5.04. The van der Waals surface area contributed by atoms with Gasteiger partial charge >= 0.3 is 0 Å². The zero-order valence-corrected chi connectivity index (χ0v) is 18.9. The molecular formula is C26H35N3O2. The van der Waals surface area contributed by atoms with E-state index in [1.165, 1.54) is 16.8 Å². The van der Waals surface area contributed by atoms with Gasteiger partial charge in [-0.3, -0.25) is 9.69 Å². The first-order chi connectivity index (χ1) is 15.2. The van der Waals surface area contributed by atoms with Crippen LogP contribution in [0.2, 0.25) is 0 Å². The molecule has 5 nitrogen and oxygen atoms in total. The maximum absolute atomic E-state index is 13.3. The van der Waals surface area contributed by atoms with E-state index in [9.17, 15) is 4.79 Å². The second-order valence-electron chi connectivity index (χ2n) is 8.68. The predicted octanol–water partition coefficient (Wildman–Crippen LogP) is 3.61. The molecule has 1 fully saturated rings. The monoisotopic (exact) mass is 421 g/mol. The minimum Gasteiger partial charge on any atom is -0.496 e. The molecule has 1 aliphatic heterocycles. The summed E-state index contributed by atoms with van der Waals surface area (Å²) in [5, 5.41) is 0. The Kier molecular flexibility index (Phi) is 7.13. The highest BCUT2D eigenvalue weighted by molar-refractivity contribution is 5.78. The van der Waals surface area contributed by atoms with E-state index < -0.39 is 0 Å². The number of para-hydroxylation sites is 1. The zero-order valence-electron chi connectivity index (χ0n) is 18.9. The predicted molar refractivity (Wildman–Crippen MR) is 126 cm³/mol. The second-order valence-corrected chi connectivity index (χ2v) is 8.68. The van der Waals surface area contributed by atoms with E-state index in [1.54, 1.807) is 7.11 Å². The van der Waals surface area contributed by atoms with Gasteiger partial charge in [-0.15, -0.1) is 0 Å². The van der Waals surface area contributed by atoms with E-state index in [0.29, 0.717) is 6.54 Å². The average Bonchev–Trinajstić information content (AvgIpc) is 2.82. The molecule has 1 saturated heterocycles. The molecule has 2 aromatic rings. The van der Waals surface area contributed by atoms with Gasteiger partial charge in [0, 0.05) is 44.5 Å². The Labute approximate surface area is 186 Å². The summed E-state index contributed by atoms with van der Waals surface area (Å²) in [5.41, 5.74) is 3.93. The number of hydrogen-bond donors (Lipinski definition) is 0. The molecule has 4 rings (SSSR count). The maximum Gasteiger partial charge on any atom is 0.237 e. The molecule has 0 unspecified atom stereocenters. The molecular weight excluding hydrogens is 386 g/mol. The van der Waals surface area contributed by atoms with Gasteiger partial charge in [-0.2, -0.15) is 0 Å². The molecule has 0 radical (unpaired) electrons. The molecule has 0 spiro atoms. The lowest BCUT2D eigenvalue weighted by molar-refractivity contribution is -0.135. The van der Waals surface area contributed by atoms with Crippen LogP contribution in [0.4, 0.5) is 5.69 Å². The van der Waals surface area contributed by atoms with Crippen molar-refractivity contribution in [1.82, 2.24) is 9.80 Å². The van der Waals surface area contributed by atoms with Gasteiger partial charge in [-0.05, 0) is 55.0 Å². The number of hydrogen-bond acceptors (Lipinski definition) is 4. The van der Waals surface area contributed by atoms with E-state index in [-0.39, 0.29) is 11.9 Å². The highest BCUT2D eigenvalue weighted by atomic mass is 16.5. The van der Waals surface area contributed by atoms with Crippen LogP contribution in [0.15, 0.2) is 48.5 Å². The third-order valence-electron chi connectivity index (χ3n) is 6.71. The first kappa shape index (κ1) is 21.7. The second kappa shape index (κ2) is 10.2. The number of methoxy groups -OCH3 is 1. The van der Waals surface area contributed by atoms with Gasteiger partial charge < -0.3 is 14.5 Å². The molecule has 2 aromatic carbocycles. The molecule has 5 heteroatoms. The summed E-state index contributed by atoms with van der Waals surface area (Å²) in [5.74, 6) is 1.27. The Morgan fingerprint density at radius 2 is 1.84 bits per heavy atom. The smallest absolute Gasteiger partial charge is 0.237 e. The van der Waals surface area contributed by atoms with Gasteiger partial charge in [0.05, 0.1) is 13.7 Å². The van der Waals surface area contributed by atoms with Crippen molar-refractivity contribution >= 4 is 11.6 Å². The number of ether oxygens (including phenoxy) is 1. The molecule has 1 atom stereocenters. The molecule has 0 saturated carbocycles. The Hall–Kier alpha value is -2.53. The standard InChI is InChI=1S/C26H35N3O2/c1-3-14-29(23-12-13-24-21(19-23)8-7-11-25(24)31-2)26(30)20-27-15-17-28(18-16-27)22-9-5-4-6-10-22/h4-11,23H,3,12-20H2,1-2H3/t23-/m0/s1. The number of amides is 1. The summed E-state index contributed by atoms with van der Waals surface area (Å²) in [6.45, 7) is 7.36. The third-order valence-corrected chi connectivity index (χ3v) is 6.71. The van der Waals surface area contributed by atoms with Crippen LogP contribution < -0.4 is 9.64 Å². The van der Waals surface area contributed by atoms with Gasteiger partial charge in [-0.1, -0.05) is 37.3 Å². The molecule has 2 aliphatic rings. The summed E-state index contributed by atoms with van der Waals surface area (Å²) < 4.78 is 5.55. The SMILES string of the molecule is CCCN(C(=O)CN1CCN(c2ccccc2)CC1)[C@H]1CCc2c(cccc2OC)C1.